The summed E-state index contributed by atoms with van der Waals surface area (Å²) < 4.78 is 19.5. The lowest BCUT2D eigenvalue weighted by atomic mass is 10.2. The minimum Gasteiger partial charge on any atom is -0.454 e. The maximum Gasteiger partial charge on any atom is 0.169 e. The predicted molar refractivity (Wildman–Crippen MR) is 69.7 cm³/mol. The summed E-state index contributed by atoms with van der Waals surface area (Å²) in [6, 6.07) is 9.92. The molecule has 0 bridgehead atoms. The number of hydrogen-bond acceptors (Lipinski definition) is 3. The van der Waals surface area contributed by atoms with E-state index in [1.54, 1.807) is 12.1 Å². The largest absolute Gasteiger partial charge is 0.454 e. The van der Waals surface area contributed by atoms with Gasteiger partial charge in [0, 0.05) is 13.0 Å². The van der Waals surface area contributed by atoms with Crippen LogP contribution in [0.3, 0.4) is 0 Å². The van der Waals surface area contributed by atoms with Crippen LogP contribution in [-0.4, -0.2) is 6.54 Å². The molecule has 0 unspecified atom stereocenters. The SMILES string of the molecule is N#Cc1ccc(NCCc2ccc(Br)o2)c(F)c1. The van der Waals surface area contributed by atoms with Gasteiger partial charge in [0.15, 0.2) is 4.67 Å². The fourth-order valence-corrected chi connectivity index (χ4v) is 1.87. The fraction of sp³-hybridized carbons (Fsp3) is 0.154. The number of nitrogens with one attached hydrogen (secondary N) is 1. The number of anilines is 1. The first kappa shape index (κ1) is 12.7. The zero-order valence-electron chi connectivity index (χ0n) is 9.41. The summed E-state index contributed by atoms with van der Waals surface area (Å²) in [4.78, 5) is 0. The van der Waals surface area contributed by atoms with E-state index in [0.29, 0.717) is 28.9 Å². The summed E-state index contributed by atoms with van der Waals surface area (Å²) in [6.07, 6.45) is 0.658. The number of furan rings is 1. The van der Waals surface area contributed by atoms with E-state index >= 15 is 0 Å². The first-order chi connectivity index (χ1) is 8.69. The van der Waals surface area contributed by atoms with Gasteiger partial charge < -0.3 is 9.73 Å². The second-order valence-electron chi connectivity index (χ2n) is 3.69. The van der Waals surface area contributed by atoms with E-state index in [2.05, 4.69) is 21.2 Å². The zero-order chi connectivity index (χ0) is 13.0. The van der Waals surface area contributed by atoms with Gasteiger partial charge in [-0.05, 0) is 46.3 Å². The van der Waals surface area contributed by atoms with E-state index in [0.717, 1.165) is 5.76 Å². The fourth-order valence-electron chi connectivity index (χ4n) is 1.53. The van der Waals surface area contributed by atoms with Crippen LogP contribution < -0.4 is 5.32 Å². The Morgan fingerprint density at radius 3 is 2.78 bits per heavy atom. The van der Waals surface area contributed by atoms with Crippen molar-refractivity contribution in [3.63, 3.8) is 0 Å². The highest BCUT2D eigenvalue weighted by molar-refractivity contribution is 9.10. The van der Waals surface area contributed by atoms with Gasteiger partial charge in [0.1, 0.15) is 11.6 Å². The third-order valence-corrected chi connectivity index (χ3v) is 2.84. The Labute approximate surface area is 112 Å². The maximum atomic E-state index is 13.5. The lowest BCUT2D eigenvalue weighted by molar-refractivity contribution is 0.491. The lowest BCUT2D eigenvalue weighted by Gasteiger charge is -2.06. The molecular formula is C13H10BrFN2O. The van der Waals surface area contributed by atoms with Gasteiger partial charge in [-0.15, -0.1) is 0 Å². The first-order valence-corrected chi connectivity index (χ1v) is 6.16. The Kier molecular flexibility index (Phi) is 4.00. The summed E-state index contributed by atoms with van der Waals surface area (Å²) >= 11 is 3.22. The third kappa shape index (κ3) is 3.11. The zero-order valence-corrected chi connectivity index (χ0v) is 11.0. The molecule has 5 heteroatoms. The molecule has 0 aliphatic rings. The molecule has 3 nitrogen and oxygen atoms in total. The van der Waals surface area contributed by atoms with Crippen molar-refractivity contribution in [3.05, 3.63) is 52.1 Å². The van der Waals surface area contributed by atoms with Gasteiger partial charge in [0.2, 0.25) is 0 Å². The smallest absolute Gasteiger partial charge is 0.169 e. The highest BCUT2D eigenvalue weighted by Gasteiger charge is 2.04. The molecule has 92 valence electrons. The molecule has 0 atom stereocenters. The lowest BCUT2D eigenvalue weighted by Crippen LogP contribution is -2.05. The number of halogens is 2. The third-order valence-electron chi connectivity index (χ3n) is 2.41. The Morgan fingerprint density at radius 1 is 1.33 bits per heavy atom. The predicted octanol–water partition coefficient (Wildman–Crippen LogP) is 3.71. The Hall–Kier alpha value is -1.80. The van der Waals surface area contributed by atoms with Crippen LogP contribution in [0.1, 0.15) is 11.3 Å². The van der Waals surface area contributed by atoms with Gasteiger partial charge in [-0.25, -0.2) is 4.39 Å². The monoisotopic (exact) mass is 308 g/mol. The number of nitriles is 1. The molecule has 0 radical (unpaired) electrons. The molecule has 2 aromatic rings. The van der Waals surface area contributed by atoms with Gasteiger partial charge in [-0.2, -0.15) is 5.26 Å². The highest BCUT2D eigenvalue weighted by atomic mass is 79.9. The normalized spacial score (nSPS) is 10.1. The molecule has 2 rings (SSSR count). The van der Waals surface area contributed by atoms with Crippen molar-refractivity contribution in [2.75, 3.05) is 11.9 Å². The van der Waals surface area contributed by atoms with Crippen LogP contribution >= 0.6 is 15.9 Å². The van der Waals surface area contributed by atoms with Gasteiger partial charge in [-0.3, -0.25) is 0 Å². The summed E-state index contributed by atoms with van der Waals surface area (Å²) in [5, 5.41) is 11.6. The van der Waals surface area contributed by atoms with Crippen molar-refractivity contribution in [2.45, 2.75) is 6.42 Å². The number of benzene rings is 1. The van der Waals surface area contributed by atoms with Gasteiger partial charge >= 0.3 is 0 Å². The quantitative estimate of drug-likeness (QED) is 0.936. The molecule has 1 aromatic carbocycles. The maximum absolute atomic E-state index is 13.5. The van der Waals surface area contributed by atoms with Gasteiger partial charge in [0.05, 0.1) is 17.3 Å². The van der Waals surface area contributed by atoms with E-state index in [1.807, 2.05) is 18.2 Å². The van der Waals surface area contributed by atoms with Crippen LogP contribution in [0.15, 0.2) is 39.4 Å². The average molecular weight is 309 g/mol. The first-order valence-electron chi connectivity index (χ1n) is 5.37. The van der Waals surface area contributed by atoms with E-state index in [-0.39, 0.29) is 0 Å². The molecule has 1 N–H and O–H groups in total. The molecule has 18 heavy (non-hydrogen) atoms. The summed E-state index contributed by atoms with van der Waals surface area (Å²) in [7, 11) is 0. The molecule has 0 aliphatic carbocycles. The van der Waals surface area contributed by atoms with E-state index in [1.165, 1.54) is 6.07 Å². The van der Waals surface area contributed by atoms with Crippen LogP contribution in [0, 0.1) is 17.1 Å². The van der Waals surface area contributed by atoms with Crippen LogP contribution in [0.5, 0.6) is 0 Å². The molecule has 0 saturated heterocycles. The topological polar surface area (TPSA) is 49.0 Å². The van der Waals surface area contributed by atoms with E-state index in [4.69, 9.17) is 9.68 Å². The van der Waals surface area contributed by atoms with E-state index in [9.17, 15) is 4.39 Å². The molecule has 0 fully saturated rings. The Balaban J connectivity index is 1.92. The number of rotatable bonds is 4. The highest BCUT2D eigenvalue weighted by Crippen LogP contribution is 2.17. The summed E-state index contributed by atoms with van der Waals surface area (Å²) in [6.45, 7) is 0.558. The van der Waals surface area contributed by atoms with Crippen molar-refractivity contribution in [2.24, 2.45) is 0 Å². The van der Waals surface area contributed by atoms with Crippen molar-refractivity contribution in [1.29, 1.82) is 5.26 Å². The summed E-state index contributed by atoms with van der Waals surface area (Å²) in [5.74, 6) is 0.401. The average Bonchev–Trinajstić information content (AvgIpc) is 2.77. The van der Waals surface area contributed by atoms with Gasteiger partial charge in [-0.1, -0.05) is 0 Å². The standard InChI is InChI=1S/C13H10BrFN2O/c14-13-4-2-10(18-13)5-6-17-12-3-1-9(8-16)7-11(12)15/h1-4,7,17H,5-6H2. The molecule has 0 saturated carbocycles. The minimum absolute atomic E-state index is 0.313. The minimum atomic E-state index is -0.422. The van der Waals surface area contributed by atoms with E-state index < -0.39 is 5.82 Å². The Morgan fingerprint density at radius 2 is 2.17 bits per heavy atom. The molecule has 1 aromatic heterocycles. The molecular weight excluding hydrogens is 299 g/mol. The number of hydrogen-bond donors (Lipinski definition) is 1. The van der Waals surface area contributed by atoms with Crippen LogP contribution in [0.4, 0.5) is 10.1 Å². The Bertz CT molecular complexity index is 589. The number of nitrogens with zero attached hydrogens (tertiary/aromatic N) is 1. The summed E-state index contributed by atoms with van der Waals surface area (Å²) in [5.41, 5.74) is 0.702. The second-order valence-corrected chi connectivity index (χ2v) is 4.47. The van der Waals surface area contributed by atoms with Crippen molar-refractivity contribution in [3.8, 4) is 6.07 Å². The van der Waals surface area contributed by atoms with Crippen LogP contribution in [-0.2, 0) is 6.42 Å². The molecule has 1 heterocycles. The van der Waals surface area contributed by atoms with Crippen molar-refractivity contribution in [1.82, 2.24) is 0 Å². The van der Waals surface area contributed by atoms with Gasteiger partial charge in [0.25, 0.3) is 0 Å². The van der Waals surface area contributed by atoms with Crippen LogP contribution in [0.25, 0.3) is 0 Å². The van der Waals surface area contributed by atoms with Crippen molar-refractivity contribution >= 4 is 21.6 Å². The van der Waals surface area contributed by atoms with Crippen LogP contribution in [0.2, 0.25) is 0 Å². The van der Waals surface area contributed by atoms with Crippen molar-refractivity contribution < 1.29 is 8.81 Å². The molecule has 0 spiro atoms. The molecule has 0 aliphatic heterocycles. The second kappa shape index (κ2) is 5.69. The molecule has 0 amide bonds.